The SMILES string of the molecule is O=C(Oc1ccccc1)[C]1[CH][CH][CH][C]1I.[CH]1[CH][CH][CH][CH]1.[Fe+2]. The van der Waals surface area contributed by atoms with E-state index in [1.807, 2.05) is 63.1 Å². The van der Waals surface area contributed by atoms with Gasteiger partial charge in [0.25, 0.3) is 0 Å². The van der Waals surface area contributed by atoms with Crippen molar-refractivity contribution in [2.75, 3.05) is 0 Å². The summed E-state index contributed by atoms with van der Waals surface area (Å²) in [6.07, 6.45) is 15.5. The molecule has 0 heterocycles. The summed E-state index contributed by atoms with van der Waals surface area (Å²) in [5, 5.41) is 0. The van der Waals surface area contributed by atoms with Crippen molar-refractivity contribution in [1.82, 2.24) is 0 Å². The van der Waals surface area contributed by atoms with E-state index in [9.17, 15) is 4.79 Å². The minimum absolute atomic E-state index is 0. The summed E-state index contributed by atoms with van der Waals surface area (Å²) in [6, 6.07) is 9.06. The second-order valence-corrected chi connectivity index (χ2v) is 5.11. The fourth-order valence-corrected chi connectivity index (χ4v) is 2.14. The second-order valence-electron chi connectivity index (χ2n) is 3.95. The first-order valence-corrected chi connectivity index (χ1v) is 7.20. The predicted molar refractivity (Wildman–Crippen MR) is 87.0 cm³/mol. The Kier molecular flexibility index (Phi) is 9.61. The molecule has 2 fully saturated rings. The number of hydrogen-bond donors (Lipinski definition) is 0. The molecular formula is C17H13FeIO2+2. The minimum Gasteiger partial charge on any atom is -0.426 e. The van der Waals surface area contributed by atoms with E-state index in [4.69, 9.17) is 4.74 Å². The first-order valence-electron chi connectivity index (χ1n) is 6.12. The van der Waals surface area contributed by atoms with Gasteiger partial charge in [0.15, 0.2) is 0 Å². The van der Waals surface area contributed by atoms with Crippen LogP contribution in [0, 0.1) is 61.2 Å². The topological polar surface area (TPSA) is 26.3 Å². The number of halogens is 1. The number of carbonyl (C=O) groups excluding carboxylic acids is 1. The molecule has 2 saturated carbocycles. The Bertz CT molecular complexity index is 399. The molecule has 106 valence electrons. The van der Waals surface area contributed by atoms with Crippen LogP contribution in [0.4, 0.5) is 0 Å². The van der Waals surface area contributed by atoms with Crippen LogP contribution in [0.15, 0.2) is 30.3 Å². The smallest absolute Gasteiger partial charge is 0.426 e. The molecule has 0 amide bonds. The third-order valence-corrected chi connectivity index (χ3v) is 3.43. The molecule has 0 aliphatic heterocycles. The van der Waals surface area contributed by atoms with E-state index in [2.05, 4.69) is 22.6 Å². The summed E-state index contributed by atoms with van der Waals surface area (Å²) in [6.45, 7) is 0. The van der Waals surface area contributed by atoms with Crippen molar-refractivity contribution < 1.29 is 26.6 Å². The fourth-order valence-electron chi connectivity index (χ4n) is 1.54. The van der Waals surface area contributed by atoms with Gasteiger partial charge in [-0.1, -0.05) is 40.8 Å². The van der Waals surface area contributed by atoms with Crippen LogP contribution in [-0.2, 0) is 21.9 Å². The van der Waals surface area contributed by atoms with Gasteiger partial charge in [-0.05, 0) is 63.5 Å². The van der Waals surface area contributed by atoms with E-state index in [0.29, 0.717) is 11.7 Å². The maximum absolute atomic E-state index is 11.7. The zero-order chi connectivity index (χ0) is 14.2. The van der Waals surface area contributed by atoms with Gasteiger partial charge in [-0.15, -0.1) is 0 Å². The molecule has 1 aromatic rings. The van der Waals surface area contributed by atoms with Crippen molar-refractivity contribution in [3.05, 3.63) is 91.5 Å². The quantitative estimate of drug-likeness (QED) is 0.308. The van der Waals surface area contributed by atoms with Crippen LogP contribution in [0.5, 0.6) is 5.75 Å². The van der Waals surface area contributed by atoms with E-state index in [1.54, 1.807) is 18.6 Å². The number of carbonyl (C=O) groups is 1. The van der Waals surface area contributed by atoms with Crippen molar-refractivity contribution in [2.45, 2.75) is 0 Å². The third kappa shape index (κ3) is 6.70. The van der Waals surface area contributed by atoms with E-state index < -0.39 is 0 Å². The molecule has 21 heavy (non-hydrogen) atoms. The Hall–Kier alpha value is -0.0605. The molecular weight excluding hydrogens is 419 g/mol. The van der Waals surface area contributed by atoms with E-state index >= 15 is 0 Å². The molecule has 0 unspecified atom stereocenters. The normalized spacial score (nSPS) is 18.5. The van der Waals surface area contributed by atoms with Gasteiger partial charge in [0.1, 0.15) is 11.7 Å². The molecule has 2 nitrogen and oxygen atoms in total. The van der Waals surface area contributed by atoms with Crippen molar-refractivity contribution in [2.24, 2.45) is 0 Å². The molecule has 2 aliphatic rings. The Morgan fingerprint density at radius 3 is 1.90 bits per heavy atom. The van der Waals surface area contributed by atoms with E-state index in [0.717, 1.165) is 3.92 Å². The van der Waals surface area contributed by atoms with Gasteiger partial charge in [-0.25, -0.2) is 0 Å². The largest absolute Gasteiger partial charge is 2.00 e. The van der Waals surface area contributed by atoms with Crippen LogP contribution < -0.4 is 4.74 Å². The number of hydrogen-bond acceptors (Lipinski definition) is 2. The summed E-state index contributed by atoms with van der Waals surface area (Å²) in [5.74, 6) is 0.870. The molecule has 4 heteroatoms. The van der Waals surface area contributed by atoms with Crippen LogP contribution >= 0.6 is 22.6 Å². The molecule has 10 radical (unpaired) electrons. The van der Waals surface area contributed by atoms with Crippen molar-refractivity contribution in [1.29, 1.82) is 0 Å². The fraction of sp³-hybridized carbons (Fsp3) is 0. The predicted octanol–water partition coefficient (Wildman–Crippen LogP) is 3.78. The zero-order valence-electron chi connectivity index (χ0n) is 11.1. The molecule has 0 saturated heterocycles. The number of esters is 1. The summed E-state index contributed by atoms with van der Waals surface area (Å²) in [5.41, 5.74) is 0. The Balaban J connectivity index is 0.000000313. The number of rotatable bonds is 2. The van der Waals surface area contributed by atoms with E-state index in [-0.39, 0.29) is 23.0 Å². The Morgan fingerprint density at radius 2 is 1.43 bits per heavy atom. The van der Waals surface area contributed by atoms with Gasteiger partial charge in [0, 0.05) is 0 Å². The molecule has 1 aromatic carbocycles. The summed E-state index contributed by atoms with van der Waals surface area (Å²) in [7, 11) is 0. The molecule has 0 N–H and O–H groups in total. The molecule has 0 aromatic heterocycles. The monoisotopic (exact) mass is 432 g/mol. The van der Waals surface area contributed by atoms with Gasteiger partial charge in [-0.2, -0.15) is 0 Å². The third-order valence-electron chi connectivity index (χ3n) is 2.49. The maximum Gasteiger partial charge on any atom is 2.00 e. The zero-order valence-corrected chi connectivity index (χ0v) is 14.3. The minimum atomic E-state index is -0.310. The van der Waals surface area contributed by atoms with Gasteiger partial charge in [-0.3, -0.25) is 4.79 Å². The number of benzene rings is 1. The molecule has 0 spiro atoms. The summed E-state index contributed by atoms with van der Waals surface area (Å²) < 4.78 is 6.11. The number of para-hydroxylation sites is 1. The second kappa shape index (κ2) is 10.6. The molecule has 0 bridgehead atoms. The Morgan fingerprint density at radius 1 is 0.857 bits per heavy atom. The van der Waals surface area contributed by atoms with Crippen molar-refractivity contribution in [3.63, 3.8) is 0 Å². The first-order chi connectivity index (χ1) is 9.77. The standard InChI is InChI=1S/C12H8IO2.C5H5.Fe/c13-11-8-4-7-10(11)12(14)15-9-5-2-1-3-6-9;1-2-4-5-3-1;/h1-8H;1-5H;/q;;+2. The van der Waals surface area contributed by atoms with Crippen LogP contribution in [0.25, 0.3) is 0 Å². The molecule has 2 aliphatic carbocycles. The van der Waals surface area contributed by atoms with Crippen LogP contribution in [-0.4, -0.2) is 5.97 Å². The molecule has 0 atom stereocenters. The van der Waals surface area contributed by atoms with E-state index in [1.165, 1.54) is 0 Å². The first kappa shape index (κ1) is 19.0. The van der Waals surface area contributed by atoms with Gasteiger partial charge in [0.05, 0.1) is 3.92 Å². The molecule has 3 rings (SSSR count). The van der Waals surface area contributed by atoms with Crippen LogP contribution in [0.3, 0.4) is 0 Å². The summed E-state index contributed by atoms with van der Waals surface area (Å²) >= 11 is 2.11. The maximum atomic E-state index is 11.7. The summed E-state index contributed by atoms with van der Waals surface area (Å²) in [4.78, 5) is 11.7. The van der Waals surface area contributed by atoms with Gasteiger partial charge in [0.2, 0.25) is 0 Å². The van der Waals surface area contributed by atoms with Crippen LogP contribution in [0.1, 0.15) is 0 Å². The Labute approximate surface area is 152 Å². The van der Waals surface area contributed by atoms with Crippen molar-refractivity contribution in [3.8, 4) is 5.75 Å². The number of ether oxygens (including phenoxy) is 1. The van der Waals surface area contributed by atoms with Crippen LogP contribution in [0.2, 0.25) is 0 Å². The van der Waals surface area contributed by atoms with Gasteiger partial charge < -0.3 is 4.74 Å². The average Bonchev–Trinajstić information content (AvgIpc) is 3.13. The van der Waals surface area contributed by atoms with Gasteiger partial charge >= 0.3 is 23.0 Å². The van der Waals surface area contributed by atoms with Crippen molar-refractivity contribution >= 4 is 28.6 Å². The average molecular weight is 432 g/mol.